The van der Waals surface area contributed by atoms with Crippen LogP contribution in [-0.2, 0) is 5.41 Å². The monoisotopic (exact) mass is 408 g/mol. The Morgan fingerprint density at radius 1 is 1.00 bits per heavy atom. The highest BCUT2D eigenvalue weighted by molar-refractivity contribution is 7.31. The van der Waals surface area contributed by atoms with Crippen LogP contribution in [-0.4, -0.2) is 18.0 Å². The van der Waals surface area contributed by atoms with Gasteiger partial charge in [0, 0.05) is 25.9 Å². The van der Waals surface area contributed by atoms with Crippen LogP contribution in [0.5, 0.6) is 0 Å². The van der Waals surface area contributed by atoms with Crippen molar-refractivity contribution in [2.24, 2.45) is 0 Å². The zero-order valence-corrected chi connectivity index (χ0v) is 19.6. The van der Waals surface area contributed by atoms with Crippen LogP contribution in [0.2, 0.25) is 19.6 Å². The summed E-state index contributed by atoms with van der Waals surface area (Å²) in [5, 5.41) is 2.71. The molecule has 1 aromatic carbocycles. The maximum absolute atomic E-state index is 4.79. The number of hydrogen-bond donors (Lipinski definition) is 0. The summed E-state index contributed by atoms with van der Waals surface area (Å²) in [6.07, 6.45) is 1.75. The fourth-order valence-corrected chi connectivity index (χ4v) is 9.35. The van der Waals surface area contributed by atoms with E-state index in [0.29, 0.717) is 0 Å². The number of hydrogen-bond acceptors (Lipinski definition) is 4. The van der Waals surface area contributed by atoms with Gasteiger partial charge in [0.15, 0.2) is 0 Å². The van der Waals surface area contributed by atoms with E-state index in [1.807, 2.05) is 22.7 Å². The number of aryl methyl sites for hydroxylation is 2. The minimum absolute atomic E-state index is 0.0304. The third kappa shape index (κ3) is 2.22. The molecule has 1 aliphatic rings. The summed E-state index contributed by atoms with van der Waals surface area (Å²) in [5.74, 6) is 0. The Labute approximate surface area is 169 Å². The van der Waals surface area contributed by atoms with Gasteiger partial charge in [0.1, 0.15) is 11.2 Å². The molecule has 0 aliphatic heterocycles. The first-order valence-electron chi connectivity index (χ1n) is 9.43. The molecule has 0 spiro atoms. The molecule has 0 atom stereocenters. The summed E-state index contributed by atoms with van der Waals surface area (Å²) in [5.41, 5.74) is 6.74. The van der Waals surface area contributed by atoms with Gasteiger partial charge in [-0.25, -0.2) is 9.97 Å². The molecule has 5 rings (SSSR count). The molecule has 0 saturated heterocycles. The average Bonchev–Trinajstić information content (AvgIpc) is 3.12. The van der Waals surface area contributed by atoms with Gasteiger partial charge in [-0.2, -0.15) is 0 Å². The van der Waals surface area contributed by atoms with Gasteiger partial charge in [0.2, 0.25) is 0 Å². The maximum atomic E-state index is 4.79. The van der Waals surface area contributed by atoms with Gasteiger partial charge in [0.05, 0.1) is 13.8 Å². The number of aromatic nitrogens is 2. The van der Waals surface area contributed by atoms with Crippen LogP contribution >= 0.6 is 22.7 Å². The number of nitrogens with zero attached hydrogens (tertiary/aromatic N) is 2. The molecule has 2 nitrogen and oxygen atoms in total. The molecule has 3 heterocycles. The predicted octanol–water partition coefficient (Wildman–Crippen LogP) is 6.37. The molecule has 1 aliphatic carbocycles. The summed E-state index contributed by atoms with van der Waals surface area (Å²) in [7, 11) is -1.49. The Bertz CT molecular complexity index is 1260. The standard InChI is InChI=1S/C22H24N2S2Si/c1-11-12(2)25-16-9-14-15(8-13(11)16)22(3,4)18-17-19(14)23-10-24-20(17)26-21(18)27(5,6)7/h8-10H,1-7H3. The van der Waals surface area contributed by atoms with Crippen LogP contribution in [0.3, 0.4) is 0 Å². The van der Waals surface area contributed by atoms with E-state index in [0.717, 1.165) is 10.5 Å². The van der Waals surface area contributed by atoms with E-state index in [9.17, 15) is 0 Å². The SMILES string of the molecule is Cc1sc2cc3c(cc2c1C)C(C)(C)c1c([Si](C)(C)C)sc2ncnc-3c12. The van der Waals surface area contributed by atoms with E-state index in [-0.39, 0.29) is 5.41 Å². The summed E-state index contributed by atoms with van der Waals surface area (Å²) in [6, 6.07) is 4.83. The third-order valence-electron chi connectivity index (χ3n) is 6.04. The summed E-state index contributed by atoms with van der Waals surface area (Å²) < 4.78 is 2.95. The van der Waals surface area contributed by atoms with Gasteiger partial charge >= 0.3 is 0 Å². The molecule has 0 N–H and O–H groups in total. The molecule has 0 unspecified atom stereocenters. The smallest absolute Gasteiger partial charge is 0.127 e. The minimum Gasteiger partial charge on any atom is -0.236 e. The summed E-state index contributed by atoms with van der Waals surface area (Å²) in [4.78, 5) is 12.0. The molecule has 3 aromatic heterocycles. The molecule has 0 saturated carbocycles. The van der Waals surface area contributed by atoms with Crippen LogP contribution in [0, 0.1) is 13.8 Å². The molecular formula is C22H24N2S2Si. The Kier molecular flexibility index (Phi) is 3.43. The number of benzene rings is 1. The normalized spacial score (nSPS) is 15.5. The van der Waals surface area contributed by atoms with Crippen molar-refractivity contribution in [1.29, 1.82) is 0 Å². The average molecular weight is 409 g/mol. The third-order valence-corrected chi connectivity index (χ3v) is 11.9. The Morgan fingerprint density at radius 2 is 1.74 bits per heavy atom. The highest BCUT2D eigenvalue weighted by Gasteiger charge is 2.41. The van der Waals surface area contributed by atoms with Gasteiger partial charge in [-0.3, -0.25) is 0 Å². The Morgan fingerprint density at radius 3 is 2.44 bits per heavy atom. The van der Waals surface area contributed by atoms with Crippen molar-refractivity contribution in [1.82, 2.24) is 9.97 Å². The van der Waals surface area contributed by atoms with E-state index in [4.69, 9.17) is 4.98 Å². The topological polar surface area (TPSA) is 25.8 Å². The second-order valence-corrected chi connectivity index (χ2v) is 16.9. The lowest BCUT2D eigenvalue weighted by Gasteiger charge is -2.35. The van der Waals surface area contributed by atoms with Crippen LogP contribution in [0.25, 0.3) is 31.6 Å². The molecular weight excluding hydrogens is 384 g/mol. The number of fused-ring (bicyclic) bond motifs is 3. The van der Waals surface area contributed by atoms with E-state index in [2.05, 4.69) is 64.5 Å². The van der Waals surface area contributed by atoms with Crippen molar-refractivity contribution in [2.75, 3.05) is 0 Å². The first-order valence-corrected chi connectivity index (χ1v) is 14.6. The van der Waals surface area contributed by atoms with Gasteiger partial charge in [-0.1, -0.05) is 33.5 Å². The van der Waals surface area contributed by atoms with E-state index in [1.54, 1.807) is 10.8 Å². The fraction of sp³-hybridized carbons (Fsp3) is 0.364. The van der Waals surface area contributed by atoms with Gasteiger partial charge in [0.25, 0.3) is 0 Å². The molecule has 0 amide bonds. The van der Waals surface area contributed by atoms with Crippen molar-refractivity contribution in [2.45, 2.75) is 52.8 Å². The zero-order chi connectivity index (χ0) is 19.3. The van der Waals surface area contributed by atoms with Crippen LogP contribution in [0.15, 0.2) is 18.5 Å². The van der Waals surface area contributed by atoms with Gasteiger partial charge < -0.3 is 0 Å². The number of rotatable bonds is 1. The maximum Gasteiger partial charge on any atom is 0.127 e. The van der Waals surface area contributed by atoms with Crippen molar-refractivity contribution < 1.29 is 0 Å². The van der Waals surface area contributed by atoms with Crippen molar-refractivity contribution in [3.05, 3.63) is 40.0 Å². The Balaban J connectivity index is 1.98. The molecule has 0 fully saturated rings. The molecule has 5 heteroatoms. The van der Waals surface area contributed by atoms with E-state index in [1.165, 1.54) is 42.6 Å². The molecule has 0 bridgehead atoms. The highest BCUT2D eigenvalue weighted by atomic mass is 32.1. The predicted molar refractivity (Wildman–Crippen MR) is 123 cm³/mol. The first kappa shape index (κ1) is 17.5. The second-order valence-electron chi connectivity index (χ2n) is 9.26. The molecule has 4 aromatic rings. The van der Waals surface area contributed by atoms with Crippen molar-refractivity contribution in [3.8, 4) is 11.3 Å². The van der Waals surface area contributed by atoms with Crippen molar-refractivity contribution in [3.63, 3.8) is 0 Å². The van der Waals surface area contributed by atoms with E-state index < -0.39 is 8.07 Å². The lowest BCUT2D eigenvalue weighted by atomic mass is 9.71. The van der Waals surface area contributed by atoms with Crippen LogP contribution < -0.4 is 4.50 Å². The first-order chi connectivity index (χ1) is 12.6. The summed E-state index contributed by atoms with van der Waals surface area (Å²) in [6.45, 7) is 16.6. The Hall–Kier alpha value is -1.56. The highest BCUT2D eigenvalue weighted by Crippen LogP contribution is 2.51. The van der Waals surface area contributed by atoms with Gasteiger partial charge in [-0.05, 0) is 52.6 Å². The van der Waals surface area contributed by atoms with Gasteiger partial charge in [-0.15, -0.1) is 22.7 Å². The van der Waals surface area contributed by atoms with Crippen LogP contribution in [0.4, 0.5) is 0 Å². The lowest BCUT2D eigenvalue weighted by molar-refractivity contribution is 0.650. The van der Waals surface area contributed by atoms with E-state index >= 15 is 0 Å². The largest absolute Gasteiger partial charge is 0.236 e. The second kappa shape index (κ2) is 5.28. The molecule has 0 radical (unpaired) electrons. The minimum atomic E-state index is -1.49. The summed E-state index contributed by atoms with van der Waals surface area (Å²) >= 11 is 3.81. The molecule has 138 valence electrons. The number of thiophene rings is 2. The van der Waals surface area contributed by atoms with Crippen molar-refractivity contribution >= 4 is 55.6 Å². The lowest BCUT2D eigenvalue weighted by Crippen LogP contribution is -2.42. The van der Waals surface area contributed by atoms with Crippen LogP contribution in [0.1, 0.15) is 35.4 Å². The fourth-order valence-electron chi connectivity index (χ4n) is 4.50. The zero-order valence-electron chi connectivity index (χ0n) is 16.9. The molecule has 27 heavy (non-hydrogen) atoms. The quantitative estimate of drug-likeness (QED) is 0.342.